The van der Waals surface area contributed by atoms with Gasteiger partial charge < -0.3 is 0 Å². The number of carbonyl (C=O) groups excluding carboxylic acids is 1. The maximum atomic E-state index is 11.7. The maximum Gasteiger partial charge on any atom is 0.140 e. The van der Waals surface area contributed by atoms with Crippen molar-refractivity contribution < 1.29 is 4.79 Å². The van der Waals surface area contributed by atoms with Gasteiger partial charge in [-0.1, -0.05) is 19.1 Å². The van der Waals surface area contributed by atoms with Crippen LogP contribution in [0.15, 0.2) is 24.3 Å². The Bertz CT molecular complexity index is 342. The van der Waals surface area contributed by atoms with Crippen molar-refractivity contribution >= 4 is 28.4 Å². The molecule has 2 atom stereocenters. The smallest absolute Gasteiger partial charge is 0.140 e. The molecule has 1 aliphatic rings. The molecule has 0 aliphatic heterocycles. The predicted molar refractivity (Wildman–Crippen MR) is 65.1 cm³/mol. The van der Waals surface area contributed by atoms with Gasteiger partial charge in [0, 0.05) is 15.9 Å². The fourth-order valence-electron chi connectivity index (χ4n) is 1.71. The second kappa shape index (κ2) is 4.01. The lowest BCUT2D eigenvalue weighted by Gasteiger charge is -2.00. The second-order valence-electron chi connectivity index (χ2n) is 4.09. The number of halogens is 1. The van der Waals surface area contributed by atoms with E-state index in [1.54, 1.807) is 0 Å². The van der Waals surface area contributed by atoms with Crippen LogP contribution in [0.3, 0.4) is 0 Å². The zero-order valence-corrected chi connectivity index (χ0v) is 10.3. The number of ketones is 1. The summed E-state index contributed by atoms with van der Waals surface area (Å²) in [7, 11) is 0. The van der Waals surface area contributed by atoms with Crippen LogP contribution in [0.2, 0.25) is 0 Å². The van der Waals surface area contributed by atoms with Crippen molar-refractivity contribution in [3.05, 3.63) is 33.4 Å². The SMILES string of the molecule is CC1CC1C(=O)Cc1ccc(I)cc1. The van der Waals surface area contributed by atoms with Crippen molar-refractivity contribution in [3.63, 3.8) is 0 Å². The highest BCUT2D eigenvalue weighted by Gasteiger charge is 2.38. The molecule has 0 radical (unpaired) electrons. The van der Waals surface area contributed by atoms with Gasteiger partial charge in [-0.05, 0) is 52.6 Å². The van der Waals surface area contributed by atoms with Gasteiger partial charge in [-0.3, -0.25) is 4.79 Å². The maximum absolute atomic E-state index is 11.7. The molecule has 1 aromatic rings. The van der Waals surface area contributed by atoms with Crippen molar-refractivity contribution in [3.8, 4) is 0 Å². The molecule has 0 bridgehead atoms. The first kappa shape index (κ1) is 10.1. The van der Waals surface area contributed by atoms with Crippen molar-refractivity contribution in [1.29, 1.82) is 0 Å². The van der Waals surface area contributed by atoms with Crippen LogP contribution in [-0.2, 0) is 11.2 Å². The van der Waals surface area contributed by atoms with Gasteiger partial charge in [0.2, 0.25) is 0 Å². The van der Waals surface area contributed by atoms with Crippen LogP contribution in [0.4, 0.5) is 0 Å². The van der Waals surface area contributed by atoms with Crippen LogP contribution in [0.5, 0.6) is 0 Å². The van der Waals surface area contributed by atoms with Crippen LogP contribution in [0.25, 0.3) is 0 Å². The standard InChI is InChI=1S/C12H13IO/c1-8-6-11(8)12(14)7-9-2-4-10(13)5-3-9/h2-5,8,11H,6-7H2,1H3. The Hall–Kier alpha value is -0.380. The van der Waals surface area contributed by atoms with E-state index in [1.807, 2.05) is 12.1 Å². The van der Waals surface area contributed by atoms with E-state index >= 15 is 0 Å². The molecule has 14 heavy (non-hydrogen) atoms. The molecule has 2 unspecified atom stereocenters. The number of hydrogen-bond acceptors (Lipinski definition) is 1. The van der Waals surface area contributed by atoms with E-state index in [0.717, 1.165) is 12.0 Å². The summed E-state index contributed by atoms with van der Waals surface area (Å²) in [6.07, 6.45) is 1.72. The van der Waals surface area contributed by atoms with E-state index in [1.165, 1.54) is 3.57 Å². The lowest BCUT2D eigenvalue weighted by molar-refractivity contribution is -0.119. The molecule has 0 amide bonds. The van der Waals surface area contributed by atoms with Crippen molar-refractivity contribution in [2.24, 2.45) is 11.8 Å². The summed E-state index contributed by atoms with van der Waals surface area (Å²) in [5.74, 6) is 1.40. The molecule has 0 N–H and O–H groups in total. The highest BCUT2D eigenvalue weighted by Crippen LogP contribution is 2.39. The molecule has 1 aromatic carbocycles. The summed E-state index contributed by atoms with van der Waals surface area (Å²) in [6, 6.07) is 8.21. The van der Waals surface area contributed by atoms with Crippen molar-refractivity contribution in [1.82, 2.24) is 0 Å². The molecule has 0 aromatic heterocycles. The van der Waals surface area contributed by atoms with Gasteiger partial charge in [0.25, 0.3) is 0 Å². The van der Waals surface area contributed by atoms with Crippen LogP contribution in [0.1, 0.15) is 18.9 Å². The van der Waals surface area contributed by atoms with Crippen molar-refractivity contribution in [2.45, 2.75) is 19.8 Å². The summed E-state index contributed by atoms with van der Waals surface area (Å²) in [6.45, 7) is 2.15. The number of carbonyl (C=O) groups is 1. The molecule has 1 nitrogen and oxygen atoms in total. The normalized spacial score (nSPS) is 24.7. The second-order valence-corrected chi connectivity index (χ2v) is 5.33. The molecule has 2 rings (SSSR count). The number of Topliss-reactive ketones (excluding diaryl/α,β-unsaturated/α-hetero) is 1. The van der Waals surface area contributed by atoms with Gasteiger partial charge in [0.15, 0.2) is 0 Å². The number of hydrogen-bond donors (Lipinski definition) is 0. The van der Waals surface area contributed by atoms with E-state index in [9.17, 15) is 4.79 Å². The van der Waals surface area contributed by atoms with Crippen LogP contribution in [-0.4, -0.2) is 5.78 Å². The molecular formula is C12H13IO. The average molecular weight is 300 g/mol. The largest absolute Gasteiger partial charge is 0.299 e. The Labute approximate surface area is 98.0 Å². The fraction of sp³-hybridized carbons (Fsp3) is 0.417. The van der Waals surface area contributed by atoms with E-state index in [-0.39, 0.29) is 0 Å². The minimum absolute atomic E-state index is 0.356. The number of benzene rings is 1. The molecular weight excluding hydrogens is 287 g/mol. The van der Waals surface area contributed by atoms with Crippen LogP contribution in [0, 0.1) is 15.4 Å². The first-order valence-corrected chi connectivity index (χ1v) is 6.02. The summed E-state index contributed by atoms with van der Waals surface area (Å²) < 4.78 is 1.22. The Morgan fingerprint density at radius 2 is 2.00 bits per heavy atom. The first-order chi connectivity index (χ1) is 6.66. The van der Waals surface area contributed by atoms with E-state index in [2.05, 4.69) is 41.6 Å². The van der Waals surface area contributed by atoms with Gasteiger partial charge in [-0.15, -0.1) is 0 Å². The molecule has 0 spiro atoms. The highest BCUT2D eigenvalue weighted by atomic mass is 127. The minimum Gasteiger partial charge on any atom is -0.299 e. The fourth-order valence-corrected chi connectivity index (χ4v) is 2.06. The summed E-state index contributed by atoms with van der Waals surface area (Å²) in [5.41, 5.74) is 1.15. The van der Waals surface area contributed by atoms with Gasteiger partial charge in [-0.2, -0.15) is 0 Å². The summed E-state index contributed by atoms with van der Waals surface area (Å²) in [4.78, 5) is 11.7. The predicted octanol–water partition coefficient (Wildman–Crippen LogP) is 3.06. The van der Waals surface area contributed by atoms with Crippen LogP contribution >= 0.6 is 22.6 Å². The molecule has 2 heteroatoms. The van der Waals surface area contributed by atoms with E-state index in [4.69, 9.17) is 0 Å². The molecule has 74 valence electrons. The topological polar surface area (TPSA) is 17.1 Å². The van der Waals surface area contributed by atoms with Gasteiger partial charge >= 0.3 is 0 Å². The third-order valence-corrected chi connectivity index (χ3v) is 3.53. The molecule has 0 heterocycles. The molecule has 1 aliphatic carbocycles. The number of rotatable bonds is 3. The van der Waals surface area contributed by atoms with Gasteiger partial charge in [0.1, 0.15) is 5.78 Å². The summed E-state index contributed by atoms with van der Waals surface area (Å²) in [5, 5.41) is 0. The Kier molecular flexibility index (Phi) is 2.91. The van der Waals surface area contributed by atoms with E-state index in [0.29, 0.717) is 24.0 Å². The quantitative estimate of drug-likeness (QED) is 0.784. The van der Waals surface area contributed by atoms with Gasteiger partial charge in [-0.25, -0.2) is 0 Å². The first-order valence-electron chi connectivity index (χ1n) is 4.94. The lowest BCUT2D eigenvalue weighted by Crippen LogP contribution is -2.05. The average Bonchev–Trinajstić information content (AvgIpc) is 2.87. The van der Waals surface area contributed by atoms with Crippen molar-refractivity contribution in [2.75, 3.05) is 0 Å². The Balaban J connectivity index is 1.97. The van der Waals surface area contributed by atoms with E-state index < -0.39 is 0 Å². The lowest BCUT2D eigenvalue weighted by atomic mass is 10.1. The molecule has 1 fully saturated rings. The Morgan fingerprint density at radius 1 is 1.43 bits per heavy atom. The molecule has 0 saturated heterocycles. The third kappa shape index (κ3) is 2.35. The van der Waals surface area contributed by atoms with Gasteiger partial charge in [0.05, 0.1) is 0 Å². The third-order valence-electron chi connectivity index (χ3n) is 2.81. The monoisotopic (exact) mass is 300 g/mol. The van der Waals surface area contributed by atoms with Crippen LogP contribution < -0.4 is 0 Å². The highest BCUT2D eigenvalue weighted by molar-refractivity contribution is 14.1. The zero-order chi connectivity index (χ0) is 10.1. The molecule has 1 saturated carbocycles. The minimum atomic E-state index is 0.356. The Morgan fingerprint density at radius 3 is 2.50 bits per heavy atom. The summed E-state index contributed by atoms with van der Waals surface area (Å²) >= 11 is 2.27. The zero-order valence-electron chi connectivity index (χ0n) is 8.16.